The first-order valence-electron chi connectivity index (χ1n) is 2.68. The van der Waals surface area contributed by atoms with Gasteiger partial charge in [0.15, 0.2) is 0 Å². The second-order valence-corrected chi connectivity index (χ2v) is 2.80. The summed E-state index contributed by atoms with van der Waals surface area (Å²) in [7, 11) is 0. The summed E-state index contributed by atoms with van der Waals surface area (Å²) in [6.07, 6.45) is 4.16. The molecule has 0 amide bonds. The van der Waals surface area contributed by atoms with Gasteiger partial charge in [-0.3, -0.25) is 4.99 Å². The normalized spacial score (nSPS) is 19.8. The fourth-order valence-electron chi connectivity index (χ4n) is 0.644. The molecule has 8 heavy (non-hydrogen) atoms. The molecule has 0 aliphatic carbocycles. The van der Waals surface area contributed by atoms with Crippen LogP contribution in [0.4, 0.5) is 0 Å². The van der Waals surface area contributed by atoms with E-state index in [4.69, 9.17) is 0 Å². The van der Waals surface area contributed by atoms with Gasteiger partial charge in [-0.15, -0.1) is 0 Å². The van der Waals surface area contributed by atoms with Crippen LogP contribution in [-0.2, 0) is 0 Å². The molecule has 1 heterocycles. The minimum absolute atomic E-state index is 1.08. The van der Waals surface area contributed by atoms with Gasteiger partial charge in [0.25, 0.3) is 0 Å². The second-order valence-electron chi connectivity index (χ2n) is 1.84. The Morgan fingerprint density at radius 3 is 2.88 bits per heavy atom. The van der Waals surface area contributed by atoms with E-state index in [1.54, 1.807) is 0 Å². The smallest absolute Gasteiger partial charge is 0.0469 e. The quantitative estimate of drug-likeness (QED) is 0.534. The number of halogens is 1. The molecule has 44 valence electrons. The first-order valence-corrected chi connectivity index (χ1v) is 3.48. The maximum atomic E-state index is 4.12. The van der Waals surface area contributed by atoms with Gasteiger partial charge in [0.05, 0.1) is 0 Å². The predicted octanol–water partition coefficient (Wildman–Crippen LogP) is 2.48. The summed E-state index contributed by atoms with van der Waals surface area (Å²) in [4.78, 5) is 4.12. The van der Waals surface area contributed by atoms with Crippen molar-refractivity contribution in [1.82, 2.24) is 0 Å². The minimum Gasteiger partial charge on any atom is -0.265 e. The summed E-state index contributed by atoms with van der Waals surface area (Å²) in [5.74, 6) is 0. The molecule has 2 heteroatoms. The molecule has 1 aliphatic heterocycles. The van der Waals surface area contributed by atoms with Crippen molar-refractivity contribution < 1.29 is 0 Å². The number of aliphatic imine (C=N–C) groups is 1. The molecule has 1 nitrogen and oxygen atoms in total. The molecule has 1 rings (SSSR count). The Kier molecular flexibility index (Phi) is 1.84. The van der Waals surface area contributed by atoms with Crippen LogP contribution in [-0.4, -0.2) is 6.21 Å². The first kappa shape index (κ1) is 6.02. The Morgan fingerprint density at radius 1 is 1.75 bits per heavy atom. The van der Waals surface area contributed by atoms with E-state index >= 15 is 0 Å². The molecule has 0 bridgehead atoms. The molecule has 0 unspecified atom stereocenters. The minimum atomic E-state index is 1.08. The standard InChI is InChI=1S/C6H8BrN/c1-5-6(7)3-2-4-8-5/h4H,2-3H2,1H3. The van der Waals surface area contributed by atoms with Crippen LogP contribution >= 0.6 is 15.9 Å². The lowest BCUT2D eigenvalue weighted by Crippen LogP contribution is -1.87. The van der Waals surface area contributed by atoms with Crippen LogP contribution in [0.5, 0.6) is 0 Å². The van der Waals surface area contributed by atoms with E-state index in [2.05, 4.69) is 20.9 Å². The van der Waals surface area contributed by atoms with Crippen LogP contribution in [0.15, 0.2) is 15.2 Å². The molecule has 1 aliphatic rings. The van der Waals surface area contributed by atoms with Crippen LogP contribution in [0.1, 0.15) is 19.8 Å². The summed E-state index contributed by atoms with van der Waals surface area (Å²) < 4.78 is 1.25. The van der Waals surface area contributed by atoms with E-state index < -0.39 is 0 Å². The summed E-state index contributed by atoms with van der Waals surface area (Å²) in [5.41, 5.74) is 1.12. The van der Waals surface area contributed by atoms with Gasteiger partial charge in [-0.25, -0.2) is 0 Å². The fourth-order valence-corrected chi connectivity index (χ4v) is 0.975. The predicted molar refractivity (Wildman–Crippen MR) is 39.4 cm³/mol. The maximum Gasteiger partial charge on any atom is 0.0469 e. The third kappa shape index (κ3) is 1.19. The number of nitrogens with zero attached hydrogens (tertiary/aromatic N) is 1. The Hall–Kier alpha value is -0.110. The molecule has 0 radical (unpaired) electrons. The molecular weight excluding hydrogens is 166 g/mol. The van der Waals surface area contributed by atoms with Crippen LogP contribution in [0.3, 0.4) is 0 Å². The fraction of sp³-hybridized carbons (Fsp3) is 0.500. The zero-order valence-corrected chi connectivity index (χ0v) is 6.40. The summed E-state index contributed by atoms with van der Waals surface area (Å²) in [6.45, 7) is 2.01. The topological polar surface area (TPSA) is 12.4 Å². The number of rotatable bonds is 0. The second kappa shape index (κ2) is 2.44. The number of hydrogen-bond donors (Lipinski definition) is 0. The van der Waals surface area contributed by atoms with Gasteiger partial charge in [0.2, 0.25) is 0 Å². The van der Waals surface area contributed by atoms with Crippen molar-refractivity contribution in [3.8, 4) is 0 Å². The van der Waals surface area contributed by atoms with Crippen molar-refractivity contribution in [3.05, 3.63) is 10.2 Å². The van der Waals surface area contributed by atoms with Crippen LogP contribution in [0.2, 0.25) is 0 Å². The zero-order chi connectivity index (χ0) is 5.98. The summed E-state index contributed by atoms with van der Waals surface area (Å²) in [5, 5.41) is 0. The van der Waals surface area contributed by atoms with Gasteiger partial charge in [-0.2, -0.15) is 0 Å². The highest BCUT2D eigenvalue weighted by atomic mass is 79.9. The maximum absolute atomic E-state index is 4.12. The molecule has 0 atom stereocenters. The monoisotopic (exact) mass is 173 g/mol. The summed E-state index contributed by atoms with van der Waals surface area (Å²) >= 11 is 3.42. The van der Waals surface area contributed by atoms with E-state index in [9.17, 15) is 0 Å². The van der Waals surface area contributed by atoms with Gasteiger partial charge in [0.1, 0.15) is 0 Å². The third-order valence-corrected chi connectivity index (χ3v) is 2.14. The van der Waals surface area contributed by atoms with Gasteiger partial charge >= 0.3 is 0 Å². The molecule has 0 aromatic rings. The van der Waals surface area contributed by atoms with Gasteiger partial charge in [-0.05, 0) is 19.8 Å². The lowest BCUT2D eigenvalue weighted by molar-refractivity contribution is 1.03. The molecule has 0 spiro atoms. The van der Waals surface area contributed by atoms with E-state index in [-0.39, 0.29) is 0 Å². The molecule has 0 saturated carbocycles. The van der Waals surface area contributed by atoms with Crippen molar-refractivity contribution in [2.45, 2.75) is 19.8 Å². The molecular formula is C6H8BrN. The van der Waals surface area contributed by atoms with Gasteiger partial charge in [0, 0.05) is 16.4 Å². The van der Waals surface area contributed by atoms with Gasteiger partial charge < -0.3 is 0 Å². The highest BCUT2D eigenvalue weighted by molar-refractivity contribution is 9.11. The van der Waals surface area contributed by atoms with E-state index in [0.29, 0.717) is 0 Å². The lowest BCUT2D eigenvalue weighted by atomic mass is 10.2. The molecule has 0 saturated heterocycles. The molecule has 0 N–H and O–H groups in total. The van der Waals surface area contributed by atoms with E-state index in [1.807, 2.05) is 13.1 Å². The highest BCUT2D eigenvalue weighted by Gasteiger charge is 1.99. The van der Waals surface area contributed by atoms with Crippen molar-refractivity contribution in [3.63, 3.8) is 0 Å². The van der Waals surface area contributed by atoms with Gasteiger partial charge in [-0.1, -0.05) is 15.9 Å². The Bertz CT molecular complexity index is 147. The molecule has 0 fully saturated rings. The zero-order valence-electron chi connectivity index (χ0n) is 4.82. The highest BCUT2D eigenvalue weighted by Crippen LogP contribution is 2.20. The molecule has 0 aromatic heterocycles. The van der Waals surface area contributed by atoms with Crippen molar-refractivity contribution in [1.29, 1.82) is 0 Å². The molecule has 0 aromatic carbocycles. The van der Waals surface area contributed by atoms with E-state index in [1.165, 1.54) is 4.48 Å². The lowest BCUT2D eigenvalue weighted by Gasteiger charge is -2.03. The van der Waals surface area contributed by atoms with Crippen LogP contribution < -0.4 is 0 Å². The average molecular weight is 174 g/mol. The third-order valence-electron chi connectivity index (χ3n) is 1.17. The number of allylic oxidation sites excluding steroid dienone is 2. The Morgan fingerprint density at radius 2 is 2.50 bits per heavy atom. The number of hydrogen-bond acceptors (Lipinski definition) is 1. The SMILES string of the molecule is CC1=C(Br)CCC=N1. The Balaban J connectivity index is 2.76. The first-order chi connectivity index (χ1) is 3.80. The van der Waals surface area contributed by atoms with E-state index in [0.717, 1.165) is 18.5 Å². The van der Waals surface area contributed by atoms with Crippen LogP contribution in [0, 0.1) is 0 Å². The van der Waals surface area contributed by atoms with Crippen molar-refractivity contribution in [2.75, 3.05) is 0 Å². The summed E-state index contributed by atoms with van der Waals surface area (Å²) in [6, 6.07) is 0. The average Bonchev–Trinajstić information content (AvgIpc) is 1.77. The largest absolute Gasteiger partial charge is 0.265 e. The van der Waals surface area contributed by atoms with Crippen molar-refractivity contribution in [2.24, 2.45) is 4.99 Å². The van der Waals surface area contributed by atoms with Crippen LogP contribution in [0.25, 0.3) is 0 Å². The van der Waals surface area contributed by atoms with Crippen molar-refractivity contribution >= 4 is 22.1 Å². The Labute approximate surface area is 57.6 Å².